The molecule has 2 heterocycles. The topological polar surface area (TPSA) is 64.4 Å². The van der Waals surface area contributed by atoms with Crippen molar-refractivity contribution in [2.24, 2.45) is 5.92 Å². The molecule has 0 aliphatic carbocycles. The Bertz CT molecular complexity index is 763. The summed E-state index contributed by atoms with van der Waals surface area (Å²) >= 11 is 0. The van der Waals surface area contributed by atoms with Gasteiger partial charge in [-0.15, -0.1) is 0 Å². The van der Waals surface area contributed by atoms with Gasteiger partial charge in [0.05, 0.1) is 17.1 Å². The van der Waals surface area contributed by atoms with Crippen LogP contribution in [0.4, 0.5) is 15.8 Å². The molecule has 2 aromatic carbocycles. The molecule has 2 aliphatic rings. The summed E-state index contributed by atoms with van der Waals surface area (Å²) in [5.74, 6) is -0.0839. The lowest BCUT2D eigenvalue weighted by Gasteiger charge is -2.36. The Morgan fingerprint density at radius 3 is 2.74 bits per heavy atom. The number of benzene rings is 2. The molecular weight excluding hydrogens is 299 g/mol. The highest BCUT2D eigenvalue weighted by Crippen LogP contribution is 2.49. The lowest BCUT2D eigenvalue weighted by molar-refractivity contribution is -0.384. The SMILES string of the molecule is O=[N+]([O-])c1ccc([C@@H]2Nc3ccc(F)cc3[C@@H]3OCC[C@H]23)cc1. The quantitative estimate of drug-likeness (QED) is 0.672. The van der Waals surface area contributed by atoms with E-state index in [0.29, 0.717) is 6.61 Å². The van der Waals surface area contributed by atoms with E-state index in [1.165, 1.54) is 24.3 Å². The number of fused-ring (bicyclic) bond motifs is 3. The summed E-state index contributed by atoms with van der Waals surface area (Å²) < 4.78 is 19.4. The fraction of sp³-hybridized carbons (Fsp3) is 0.294. The minimum absolute atomic E-state index is 0.00117. The molecule has 0 aromatic heterocycles. The maximum Gasteiger partial charge on any atom is 0.269 e. The van der Waals surface area contributed by atoms with Crippen molar-refractivity contribution in [3.63, 3.8) is 0 Å². The third-order valence-corrected chi connectivity index (χ3v) is 4.66. The highest BCUT2D eigenvalue weighted by atomic mass is 19.1. The monoisotopic (exact) mass is 314 g/mol. The minimum Gasteiger partial charge on any atom is -0.378 e. The van der Waals surface area contributed by atoms with Gasteiger partial charge in [0, 0.05) is 35.9 Å². The van der Waals surface area contributed by atoms with Crippen molar-refractivity contribution in [2.75, 3.05) is 11.9 Å². The smallest absolute Gasteiger partial charge is 0.269 e. The Balaban J connectivity index is 1.72. The van der Waals surface area contributed by atoms with E-state index in [1.54, 1.807) is 18.2 Å². The number of ether oxygens (including phenoxy) is 1. The van der Waals surface area contributed by atoms with Crippen LogP contribution < -0.4 is 5.32 Å². The number of nitro groups is 1. The van der Waals surface area contributed by atoms with E-state index in [9.17, 15) is 14.5 Å². The van der Waals surface area contributed by atoms with E-state index in [-0.39, 0.29) is 29.6 Å². The normalized spacial score (nSPS) is 25.3. The van der Waals surface area contributed by atoms with Gasteiger partial charge in [-0.1, -0.05) is 12.1 Å². The molecule has 1 saturated heterocycles. The van der Waals surface area contributed by atoms with Crippen molar-refractivity contribution in [3.05, 3.63) is 69.5 Å². The summed E-state index contributed by atoms with van der Waals surface area (Å²) in [5, 5.41) is 14.2. The predicted octanol–water partition coefficient (Wildman–Crippen LogP) is 3.98. The molecule has 0 spiro atoms. The Hall–Kier alpha value is -2.47. The summed E-state index contributed by atoms with van der Waals surface area (Å²) in [6, 6.07) is 11.3. The van der Waals surface area contributed by atoms with Crippen molar-refractivity contribution in [1.29, 1.82) is 0 Å². The van der Waals surface area contributed by atoms with E-state index in [0.717, 1.165) is 23.2 Å². The molecular formula is C17H15FN2O3. The van der Waals surface area contributed by atoms with Gasteiger partial charge in [-0.2, -0.15) is 0 Å². The van der Waals surface area contributed by atoms with Crippen molar-refractivity contribution in [3.8, 4) is 0 Å². The van der Waals surface area contributed by atoms with Crippen LogP contribution in [0, 0.1) is 21.8 Å². The van der Waals surface area contributed by atoms with Crippen LogP contribution in [0.15, 0.2) is 42.5 Å². The van der Waals surface area contributed by atoms with Crippen molar-refractivity contribution in [1.82, 2.24) is 0 Å². The molecule has 118 valence electrons. The molecule has 1 N–H and O–H groups in total. The van der Waals surface area contributed by atoms with Gasteiger partial charge >= 0.3 is 0 Å². The molecule has 5 nitrogen and oxygen atoms in total. The van der Waals surface area contributed by atoms with Crippen molar-refractivity contribution in [2.45, 2.75) is 18.6 Å². The number of nitro benzene ring substituents is 1. The van der Waals surface area contributed by atoms with Gasteiger partial charge in [-0.3, -0.25) is 10.1 Å². The van der Waals surface area contributed by atoms with Gasteiger partial charge in [0.1, 0.15) is 5.82 Å². The number of non-ortho nitro benzene ring substituents is 1. The van der Waals surface area contributed by atoms with Gasteiger partial charge in [0.15, 0.2) is 0 Å². The summed E-state index contributed by atoms with van der Waals surface area (Å²) in [6.45, 7) is 0.635. The zero-order chi connectivity index (χ0) is 16.0. The van der Waals surface area contributed by atoms with E-state index in [2.05, 4.69) is 5.32 Å². The van der Waals surface area contributed by atoms with Crippen LogP contribution in [-0.2, 0) is 4.74 Å². The molecule has 0 saturated carbocycles. The predicted molar refractivity (Wildman–Crippen MR) is 82.7 cm³/mol. The summed E-state index contributed by atoms with van der Waals surface area (Å²) in [4.78, 5) is 10.4. The van der Waals surface area contributed by atoms with Crippen molar-refractivity contribution < 1.29 is 14.1 Å². The Morgan fingerprint density at radius 2 is 2.00 bits per heavy atom. The first-order valence-corrected chi connectivity index (χ1v) is 7.55. The molecule has 0 amide bonds. The Morgan fingerprint density at radius 1 is 1.22 bits per heavy atom. The first-order chi connectivity index (χ1) is 11.1. The number of hydrogen-bond acceptors (Lipinski definition) is 4. The Labute approximate surface area is 132 Å². The molecule has 2 aliphatic heterocycles. The van der Waals surface area contributed by atoms with Crippen molar-refractivity contribution >= 4 is 11.4 Å². The number of nitrogens with zero attached hydrogens (tertiary/aromatic N) is 1. The number of anilines is 1. The molecule has 1 fully saturated rings. The maximum atomic E-state index is 13.5. The second kappa shape index (κ2) is 5.31. The number of rotatable bonds is 2. The van der Waals surface area contributed by atoms with E-state index < -0.39 is 4.92 Å². The molecule has 6 heteroatoms. The fourth-order valence-electron chi connectivity index (χ4n) is 3.58. The van der Waals surface area contributed by atoms with E-state index in [1.807, 2.05) is 0 Å². The number of nitrogens with one attached hydrogen (secondary N) is 1. The average Bonchev–Trinajstić information content (AvgIpc) is 3.04. The molecule has 2 aromatic rings. The number of halogens is 1. The maximum absolute atomic E-state index is 13.5. The summed E-state index contributed by atoms with van der Waals surface area (Å²) in [6.07, 6.45) is 0.733. The first kappa shape index (κ1) is 14.1. The largest absolute Gasteiger partial charge is 0.378 e. The average molecular weight is 314 g/mol. The van der Waals surface area contributed by atoms with Gasteiger partial charge in [-0.25, -0.2) is 4.39 Å². The van der Waals surface area contributed by atoms with Crippen LogP contribution in [-0.4, -0.2) is 11.5 Å². The molecule has 0 bridgehead atoms. The van der Waals surface area contributed by atoms with E-state index >= 15 is 0 Å². The standard InChI is InChI=1S/C17H15FN2O3/c18-11-3-6-15-14(9-11)17-13(7-8-23-17)16(19-15)10-1-4-12(5-2-10)20(21)22/h1-6,9,13,16-17,19H,7-8H2/t13-,16+,17-/m1/s1. The molecule has 0 radical (unpaired) electrons. The third-order valence-electron chi connectivity index (χ3n) is 4.66. The Kier molecular flexibility index (Phi) is 3.27. The second-order valence-corrected chi connectivity index (χ2v) is 5.95. The molecule has 23 heavy (non-hydrogen) atoms. The van der Waals surface area contributed by atoms with Gasteiger partial charge in [0.2, 0.25) is 0 Å². The van der Waals surface area contributed by atoms with Crippen LogP contribution in [0.5, 0.6) is 0 Å². The summed E-state index contributed by atoms with van der Waals surface area (Å²) in [5.41, 5.74) is 2.76. The highest BCUT2D eigenvalue weighted by Gasteiger charge is 2.41. The van der Waals surface area contributed by atoms with Gasteiger partial charge < -0.3 is 10.1 Å². The van der Waals surface area contributed by atoms with Crippen LogP contribution in [0.1, 0.15) is 29.7 Å². The lowest BCUT2D eigenvalue weighted by Crippen LogP contribution is -2.29. The van der Waals surface area contributed by atoms with Crippen LogP contribution in [0.3, 0.4) is 0 Å². The molecule has 0 unspecified atom stereocenters. The lowest BCUT2D eigenvalue weighted by atomic mass is 9.81. The van der Waals surface area contributed by atoms with E-state index in [4.69, 9.17) is 4.74 Å². The number of hydrogen-bond donors (Lipinski definition) is 1. The van der Waals surface area contributed by atoms with Gasteiger partial charge in [0.25, 0.3) is 5.69 Å². The third kappa shape index (κ3) is 2.35. The van der Waals surface area contributed by atoms with Crippen LogP contribution >= 0.6 is 0 Å². The second-order valence-electron chi connectivity index (χ2n) is 5.95. The van der Waals surface area contributed by atoms with Gasteiger partial charge in [-0.05, 0) is 30.2 Å². The molecule has 3 atom stereocenters. The fourth-order valence-corrected chi connectivity index (χ4v) is 3.58. The molecule has 4 rings (SSSR count). The zero-order valence-corrected chi connectivity index (χ0v) is 12.2. The summed E-state index contributed by atoms with van der Waals surface area (Å²) in [7, 11) is 0. The highest BCUT2D eigenvalue weighted by molar-refractivity contribution is 5.57. The first-order valence-electron chi connectivity index (χ1n) is 7.55. The zero-order valence-electron chi connectivity index (χ0n) is 12.2. The van der Waals surface area contributed by atoms with Crippen LogP contribution in [0.2, 0.25) is 0 Å². The van der Waals surface area contributed by atoms with Crippen LogP contribution in [0.25, 0.3) is 0 Å². The minimum atomic E-state index is -0.405.